The van der Waals surface area contributed by atoms with E-state index in [1.807, 2.05) is 32.7 Å². The summed E-state index contributed by atoms with van der Waals surface area (Å²) in [7, 11) is 1.92. The number of amides is 2. The minimum Gasteiger partial charge on any atom is -0.333 e. The molecule has 1 rings (SSSR count). The molecule has 1 saturated carbocycles. The first-order valence-electron chi connectivity index (χ1n) is 7.62. The van der Waals surface area contributed by atoms with E-state index in [0.29, 0.717) is 12.1 Å². The average Bonchev–Trinajstić information content (AvgIpc) is 2.34. The van der Waals surface area contributed by atoms with Crippen molar-refractivity contribution in [2.45, 2.75) is 77.4 Å². The first-order valence-corrected chi connectivity index (χ1v) is 7.62. The van der Waals surface area contributed by atoms with Gasteiger partial charge in [0.25, 0.3) is 0 Å². The Balaban J connectivity index is 2.36. The van der Waals surface area contributed by atoms with Crippen molar-refractivity contribution in [3.05, 3.63) is 0 Å². The van der Waals surface area contributed by atoms with Crippen LogP contribution in [-0.4, -0.2) is 42.1 Å². The maximum absolute atomic E-state index is 12.1. The summed E-state index contributed by atoms with van der Waals surface area (Å²) in [4.78, 5) is 14.0. The highest BCUT2D eigenvalue weighted by atomic mass is 16.2. The second-order valence-corrected chi connectivity index (χ2v) is 6.75. The van der Waals surface area contributed by atoms with Gasteiger partial charge in [-0.15, -0.1) is 0 Å². The third kappa shape index (κ3) is 5.81. The third-order valence-electron chi connectivity index (χ3n) is 3.73. The number of hydrogen-bond acceptors (Lipinski definition) is 2. The Hall–Kier alpha value is -0.770. The monoisotopic (exact) mass is 269 g/mol. The lowest BCUT2D eigenvalue weighted by atomic mass is 9.90. The molecule has 112 valence electrons. The molecule has 0 aromatic rings. The molecule has 0 aromatic heterocycles. The summed E-state index contributed by atoms with van der Waals surface area (Å²) >= 11 is 0. The number of nitrogens with zero attached hydrogens (tertiary/aromatic N) is 1. The van der Waals surface area contributed by atoms with Crippen LogP contribution in [0, 0.1) is 0 Å². The minimum absolute atomic E-state index is 0.0532. The summed E-state index contributed by atoms with van der Waals surface area (Å²) in [5, 5.41) is 6.61. The minimum atomic E-state index is -0.161. The predicted octanol–water partition coefficient (Wildman–Crippen LogP) is 2.74. The zero-order valence-electron chi connectivity index (χ0n) is 13.3. The van der Waals surface area contributed by atoms with Gasteiger partial charge in [-0.05, 0) is 59.4 Å². The van der Waals surface area contributed by atoms with Gasteiger partial charge in [0.2, 0.25) is 0 Å². The average molecular weight is 269 g/mol. The smallest absolute Gasteiger partial charge is 0.317 e. The summed E-state index contributed by atoms with van der Waals surface area (Å²) in [6.07, 6.45) is 5.76. The largest absolute Gasteiger partial charge is 0.333 e. The van der Waals surface area contributed by atoms with E-state index in [2.05, 4.69) is 17.6 Å². The molecule has 0 aromatic carbocycles. The van der Waals surface area contributed by atoms with E-state index in [0.717, 1.165) is 19.4 Å². The lowest BCUT2D eigenvalue weighted by Gasteiger charge is -2.36. The predicted molar refractivity (Wildman–Crippen MR) is 80.4 cm³/mol. The van der Waals surface area contributed by atoms with Gasteiger partial charge in [-0.1, -0.05) is 6.92 Å². The summed E-state index contributed by atoms with van der Waals surface area (Å²) in [6.45, 7) is 9.36. The molecule has 0 saturated heterocycles. The molecular weight excluding hydrogens is 238 g/mol. The van der Waals surface area contributed by atoms with Crippen molar-refractivity contribution in [2.75, 3.05) is 13.6 Å². The fourth-order valence-electron chi connectivity index (χ4n) is 2.59. The highest BCUT2D eigenvalue weighted by Gasteiger charge is 2.27. The van der Waals surface area contributed by atoms with Gasteiger partial charge in [-0.25, -0.2) is 4.79 Å². The summed E-state index contributed by atoms with van der Waals surface area (Å²) < 4.78 is 0. The van der Waals surface area contributed by atoms with Crippen molar-refractivity contribution in [2.24, 2.45) is 0 Å². The van der Waals surface area contributed by atoms with Crippen LogP contribution in [0.4, 0.5) is 4.79 Å². The molecular formula is C15H31N3O. The third-order valence-corrected chi connectivity index (χ3v) is 3.73. The molecule has 4 heteroatoms. The first kappa shape index (κ1) is 16.3. The highest BCUT2D eigenvalue weighted by Crippen LogP contribution is 2.22. The van der Waals surface area contributed by atoms with Crippen LogP contribution in [-0.2, 0) is 0 Å². The van der Waals surface area contributed by atoms with Crippen LogP contribution in [0.1, 0.15) is 59.8 Å². The number of carbonyl (C=O) groups is 1. The van der Waals surface area contributed by atoms with Gasteiger partial charge in [0.15, 0.2) is 0 Å². The van der Waals surface area contributed by atoms with Gasteiger partial charge in [0, 0.05) is 24.7 Å². The fourth-order valence-corrected chi connectivity index (χ4v) is 2.59. The highest BCUT2D eigenvalue weighted by molar-refractivity contribution is 5.75. The van der Waals surface area contributed by atoms with Crippen molar-refractivity contribution in [1.29, 1.82) is 0 Å². The second kappa shape index (κ2) is 7.13. The van der Waals surface area contributed by atoms with E-state index in [4.69, 9.17) is 0 Å². The molecule has 2 amide bonds. The molecule has 1 aliphatic rings. The van der Waals surface area contributed by atoms with Crippen molar-refractivity contribution in [3.63, 3.8) is 0 Å². The molecule has 0 spiro atoms. The molecule has 1 aliphatic carbocycles. The Morgan fingerprint density at radius 1 is 1.21 bits per heavy atom. The van der Waals surface area contributed by atoms with Crippen molar-refractivity contribution in [1.82, 2.24) is 15.5 Å². The van der Waals surface area contributed by atoms with E-state index in [1.54, 1.807) is 0 Å². The number of rotatable bonds is 4. The first-order chi connectivity index (χ1) is 8.83. The van der Waals surface area contributed by atoms with Crippen LogP contribution in [0.2, 0.25) is 0 Å². The van der Waals surface area contributed by atoms with Gasteiger partial charge in [0.05, 0.1) is 0 Å². The molecule has 0 bridgehead atoms. The van der Waals surface area contributed by atoms with Crippen LogP contribution < -0.4 is 10.6 Å². The van der Waals surface area contributed by atoms with Crippen LogP contribution in [0.3, 0.4) is 0 Å². The lowest BCUT2D eigenvalue weighted by molar-refractivity contribution is 0.159. The number of hydrogen-bond donors (Lipinski definition) is 2. The molecule has 19 heavy (non-hydrogen) atoms. The van der Waals surface area contributed by atoms with Gasteiger partial charge < -0.3 is 15.5 Å². The summed E-state index contributed by atoms with van der Waals surface area (Å²) in [5.41, 5.74) is -0.161. The number of nitrogens with one attached hydrogen (secondary N) is 2. The molecule has 4 nitrogen and oxygen atoms in total. The molecule has 2 N–H and O–H groups in total. The van der Waals surface area contributed by atoms with E-state index in [9.17, 15) is 4.79 Å². The lowest BCUT2D eigenvalue weighted by Crippen LogP contribution is -2.51. The Bertz CT molecular complexity index is 278. The zero-order valence-corrected chi connectivity index (χ0v) is 13.3. The quantitative estimate of drug-likeness (QED) is 0.824. The van der Waals surface area contributed by atoms with E-state index < -0.39 is 0 Å². The summed E-state index contributed by atoms with van der Waals surface area (Å²) in [6, 6.07) is 1.09. The maximum Gasteiger partial charge on any atom is 0.317 e. The Labute approximate surface area is 118 Å². The van der Waals surface area contributed by atoms with Crippen molar-refractivity contribution >= 4 is 6.03 Å². The SMILES string of the molecule is CCCNC1CCC(N(C)C(=O)NC(C)(C)C)CC1. The van der Waals surface area contributed by atoms with E-state index in [-0.39, 0.29) is 11.6 Å². The summed E-state index contributed by atoms with van der Waals surface area (Å²) in [5.74, 6) is 0. The molecule has 0 heterocycles. The van der Waals surface area contributed by atoms with Gasteiger partial charge in [0.1, 0.15) is 0 Å². The van der Waals surface area contributed by atoms with Crippen molar-refractivity contribution < 1.29 is 4.79 Å². The van der Waals surface area contributed by atoms with E-state index in [1.165, 1.54) is 19.3 Å². The molecule has 0 unspecified atom stereocenters. The second-order valence-electron chi connectivity index (χ2n) is 6.75. The van der Waals surface area contributed by atoms with Gasteiger partial charge in [-0.3, -0.25) is 0 Å². The number of carbonyl (C=O) groups excluding carboxylic acids is 1. The molecule has 0 atom stereocenters. The van der Waals surface area contributed by atoms with Crippen molar-refractivity contribution in [3.8, 4) is 0 Å². The Kier molecular flexibility index (Phi) is 6.11. The number of urea groups is 1. The Morgan fingerprint density at radius 2 is 1.79 bits per heavy atom. The maximum atomic E-state index is 12.1. The normalized spacial score (nSPS) is 24.1. The standard InChI is InChI=1S/C15H31N3O/c1-6-11-16-12-7-9-13(10-8-12)18(5)14(19)17-15(2,3)4/h12-13,16H,6-11H2,1-5H3,(H,17,19). The fraction of sp³-hybridized carbons (Fsp3) is 0.933. The van der Waals surface area contributed by atoms with E-state index >= 15 is 0 Å². The van der Waals surface area contributed by atoms with Crippen LogP contribution >= 0.6 is 0 Å². The topological polar surface area (TPSA) is 44.4 Å². The zero-order chi connectivity index (χ0) is 14.5. The van der Waals surface area contributed by atoms with Gasteiger partial charge in [-0.2, -0.15) is 0 Å². The van der Waals surface area contributed by atoms with Gasteiger partial charge >= 0.3 is 6.03 Å². The van der Waals surface area contributed by atoms with Crippen LogP contribution in [0.25, 0.3) is 0 Å². The molecule has 0 radical (unpaired) electrons. The van der Waals surface area contributed by atoms with Crippen LogP contribution in [0.15, 0.2) is 0 Å². The van der Waals surface area contributed by atoms with Crippen LogP contribution in [0.5, 0.6) is 0 Å². The Morgan fingerprint density at radius 3 is 2.26 bits per heavy atom. The molecule has 1 fully saturated rings. The molecule has 0 aliphatic heterocycles.